The Labute approximate surface area is 121 Å². The normalized spacial score (nSPS) is 17.2. The van der Waals surface area contributed by atoms with Crippen LogP contribution in [-0.4, -0.2) is 32.1 Å². The third kappa shape index (κ3) is 2.45. The van der Waals surface area contributed by atoms with Crippen LogP contribution in [0.5, 0.6) is 0 Å². The van der Waals surface area contributed by atoms with E-state index in [0.717, 1.165) is 19.5 Å². The van der Waals surface area contributed by atoms with Crippen molar-refractivity contribution in [2.75, 3.05) is 30.8 Å². The molecule has 1 aromatic rings. The molecule has 0 spiro atoms. The highest BCUT2D eigenvalue weighted by atomic mass is 32.1. The Morgan fingerprint density at radius 1 is 1.40 bits per heavy atom. The lowest BCUT2D eigenvalue weighted by Crippen LogP contribution is -2.25. The minimum atomic E-state index is -0.617. The van der Waals surface area contributed by atoms with E-state index < -0.39 is 11.9 Å². The number of primary amides is 1. The SMILES string of the molecule is COC(=O)c1sc(N2CCC(C)(C)C2)c(C(N)=O)c1N. The molecule has 1 aliphatic rings. The van der Waals surface area contributed by atoms with E-state index in [4.69, 9.17) is 11.5 Å². The number of thiophene rings is 1. The summed E-state index contributed by atoms with van der Waals surface area (Å²) in [6.45, 7) is 5.94. The van der Waals surface area contributed by atoms with Crippen molar-refractivity contribution >= 4 is 33.9 Å². The number of carbonyl (C=O) groups excluding carboxylic acids is 2. The van der Waals surface area contributed by atoms with E-state index in [1.165, 1.54) is 18.4 Å². The molecule has 110 valence electrons. The van der Waals surface area contributed by atoms with Gasteiger partial charge in [0.2, 0.25) is 0 Å². The third-order valence-corrected chi connectivity index (χ3v) is 4.75. The van der Waals surface area contributed by atoms with Crippen LogP contribution < -0.4 is 16.4 Å². The fourth-order valence-corrected chi connectivity index (χ4v) is 3.59. The van der Waals surface area contributed by atoms with Gasteiger partial charge in [-0.25, -0.2) is 4.79 Å². The number of hydrogen-bond donors (Lipinski definition) is 2. The average molecular weight is 297 g/mol. The van der Waals surface area contributed by atoms with E-state index in [2.05, 4.69) is 23.5 Å². The number of hydrogen-bond acceptors (Lipinski definition) is 6. The van der Waals surface area contributed by atoms with Crippen LogP contribution in [0.4, 0.5) is 10.7 Å². The van der Waals surface area contributed by atoms with Crippen molar-refractivity contribution in [2.45, 2.75) is 20.3 Å². The van der Waals surface area contributed by atoms with E-state index in [0.29, 0.717) is 5.00 Å². The molecular formula is C13H19N3O3S. The van der Waals surface area contributed by atoms with Crippen molar-refractivity contribution in [1.29, 1.82) is 0 Å². The van der Waals surface area contributed by atoms with Crippen LogP contribution in [0.2, 0.25) is 0 Å². The van der Waals surface area contributed by atoms with Gasteiger partial charge in [-0.3, -0.25) is 4.79 Å². The number of carbonyl (C=O) groups is 2. The molecular weight excluding hydrogens is 278 g/mol. The molecule has 1 saturated heterocycles. The maximum Gasteiger partial charge on any atom is 0.350 e. The van der Waals surface area contributed by atoms with Gasteiger partial charge in [0, 0.05) is 13.1 Å². The maximum absolute atomic E-state index is 11.7. The first-order chi connectivity index (χ1) is 9.26. The van der Waals surface area contributed by atoms with Crippen LogP contribution in [0.1, 0.15) is 40.3 Å². The van der Waals surface area contributed by atoms with Gasteiger partial charge in [-0.05, 0) is 11.8 Å². The summed E-state index contributed by atoms with van der Waals surface area (Å²) in [5, 5.41) is 0.668. The van der Waals surface area contributed by atoms with Crippen molar-refractivity contribution in [3.63, 3.8) is 0 Å². The number of amides is 1. The molecule has 1 fully saturated rings. The minimum Gasteiger partial charge on any atom is -0.465 e. The van der Waals surface area contributed by atoms with E-state index in [1.54, 1.807) is 0 Å². The number of nitrogens with two attached hydrogens (primary N) is 2. The number of esters is 1. The summed E-state index contributed by atoms with van der Waals surface area (Å²) in [6, 6.07) is 0. The summed E-state index contributed by atoms with van der Waals surface area (Å²) in [5.41, 5.74) is 11.8. The molecule has 0 aromatic carbocycles. The molecule has 0 radical (unpaired) electrons. The molecule has 2 rings (SSSR count). The molecule has 4 N–H and O–H groups in total. The van der Waals surface area contributed by atoms with Gasteiger partial charge in [-0.2, -0.15) is 0 Å². The summed E-state index contributed by atoms with van der Waals surface area (Å²) >= 11 is 1.17. The van der Waals surface area contributed by atoms with Crippen molar-refractivity contribution < 1.29 is 14.3 Å². The average Bonchev–Trinajstić information content (AvgIpc) is 2.88. The van der Waals surface area contributed by atoms with Gasteiger partial charge < -0.3 is 21.1 Å². The highest BCUT2D eigenvalue weighted by molar-refractivity contribution is 7.19. The van der Waals surface area contributed by atoms with Crippen LogP contribution in [0.3, 0.4) is 0 Å². The Morgan fingerprint density at radius 3 is 2.50 bits per heavy atom. The topological polar surface area (TPSA) is 98.6 Å². The molecule has 0 bridgehead atoms. The lowest BCUT2D eigenvalue weighted by molar-refractivity contribution is 0.0607. The fraction of sp³-hybridized carbons (Fsp3) is 0.538. The monoisotopic (exact) mass is 297 g/mol. The zero-order valence-corrected chi connectivity index (χ0v) is 12.7. The Morgan fingerprint density at radius 2 is 2.05 bits per heavy atom. The highest BCUT2D eigenvalue weighted by Crippen LogP contribution is 2.42. The van der Waals surface area contributed by atoms with Gasteiger partial charge in [0.1, 0.15) is 9.88 Å². The number of anilines is 2. The molecule has 1 aliphatic heterocycles. The summed E-state index contributed by atoms with van der Waals surface area (Å²) < 4.78 is 4.69. The molecule has 0 saturated carbocycles. The second-order valence-electron chi connectivity index (χ2n) is 5.72. The van der Waals surface area contributed by atoms with E-state index >= 15 is 0 Å². The third-order valence-electron chi connectivity index (χ3n) is 3.51. The van der Waals surface area contributed by atoms with Crippen LogP contribution in [0, 0.1) is 5.41 Å². The van der Waals surface area contributed by atoms with Crippen molar-refractivity contribution in [2.24, 2.45) is 11.1 Å². The van der Waals surface area contributed by atoms with Gasteiger partial charge in [0.15, 0.2) is 0 Å². The number of rotatable bonds is 3. The van der Waals surface area contributed by atoms with E-state index in [-0.39, 0.29) is 21.5 Å². The Balaban J connectivity index is 2.47. The Hall–Kier alpha value is -1.76. The summed E-state index contributed by atoms with van der Waals surface area (Å²) in [5.74, 6) is -1.16. The number of ether oxygens (including phenoxy) is 1. The number of methoxy groups -OCH3 is 1. The van der Waals surface area contributed by atoms with Crippen LogP contribution in [-0.2, 0) is 4.74 Å². The Kier molecular flexibility index (Phi) is 3.64. The largest absolute Gasteiger partial charge is 0.465 e. The van der Waals surface area contributed by atoms with Gasteiger partial charge in [0.05, 0.1) is 18.4 Å². The molecule has 0 aliphatic carbocycles. The first-order valence-electron chi connectivity index (χ1n) is 6.32. The summed E-state index contributed by atoms with van der Waals surface area (Å²) in [7, 11) is 1.28. The summed E-state index contributed by atoms with van der Waals surface area (Å²) in [6.07, 6.45) is 1.01. The van der Waals surface area contributed by atoms with Crippen LogP contribution >= 0.6 is 11.3 Å². The fourth-order valence-electron chi connectivity index (χ4n) is 2.42. The smallest absolute Gasteiger partial charge is 0.350 e. The standard InChI is InChI=1S/C13H19N3O3S/c1-13(2)4-5-16(6-13)11-7(10(15)17)8(14)9(20-11)12(18)19-3/h4-6,14H2,1-3H3,(H2,15,17). The number of nitrogen functional groups attached to an aromatic ring is 1. The second-order valence-corrected chi connectivity index (χ2v) is 6.72. The first-order valence-corrected chi connectivity index (χ1v) is 7.14. The number of nitrogens with zero attached hydrogens (tertiary/aromatic N) is 1. The van der Waals surface area contributed by atoms with Crippen molar-refractivity contribution in [3.8, 4) is 0 Å². The predicted molar refractivity (Wildman–Crippen MR) is 79.2 cm³/mol. The lowest BCUT2D eigenvalue weighted by atomic mass is 9.93. The molecule has 7 heteroatoms. The molecule has 0 atom stereocenters. The molecule has 20 heavy (non-hydrogen) atoms. The quantitative estimate of drug-likeness (QED) is 0.823. The van der Waals surface area contributed by atoms with Crippen molar-refractivity contribution in [3.05, 3.63) is 10.4 Å². The van der Waals surface area contributed by atoms with Gasteiger partial charge >= 0.3 is 5.97 Å². The molecule has 0 unspecified atom stereocenters. The molecule has 1 amide bonds. The highest BCUT2D eigenvalue weighted by Gasteiger charge is 2.34. The Bertz CT molecular complexity index is 565. The van der Waals surface area contributed by atoms with Gasteiger partial charge in [0.25, 0.3) is 5.91 Å². The van der Waals surface area contributed by atoms with Crippen molar-refractivity contribution in [1.82, 2.24) is 0 Å². The maximum atomic E-state index is 11.7. The minimum absolute atomic E-state index is 0.119. The molecule has 1 aromatic heterocycles. The van der Waals surface area contributed by atoms with Crippen LogP contribution in [0.15, 0.2) is 0 Å². The first kappa shape index (κ1) is 14.6. The van der Waals surface area contributed by atoms with E-state index in [1.807, 2.05) is 0 Å². The second kappa shape index (κ2) is 4.97. The summed E-state index contributed by atoms with van der Waals surface area (Å²) in [4.78, 5) is 25.7. The zero-order chi connectivity index (χ0) is 15.1. The molecule has 2 heterocycles. The lowest BCUT2D eigenvalue weighted by Gasteiger charge is -2.20. The molecule has 6 nitrogen and oxygen atoms in total. The van der Waals surface area contributed by atoms with E-state index in [9.17, 15) is 9.59 Å². The zero-order valence-electron chi connectivity index (χ0n) is 11.9. The van der Waals surface area contributed by atoms with Crippen LogP contribution in [0.25, 0.3) is 0 Å². The van der Waals surface area contributed by atoms with Gasteiger partial charge in [-0.1, -0.05) is 13.8 Å². The predicted octanol–water partition coefficient (Wildman–Crippen LogP) is 1.45. The van der Waals surface area contributed by atoms with Gasteiger partial charge in [-0.15, -0.1) is 11.3 Å².